The molecular formula is C22H18N2O4S. The Labute approximate surface area is 170 Å². The van der Waals surface area contributed by atoms with Crippen LogP contribution >= 0.6 is 11.8 Å². The number of hydrogen-bond donors (Lipinski definition) is 1. The number of para-hydroxylation sites is 1. The first kappa shape index (κ1) is 19.0. The quantitative estimate of drug-likeness (QED) is 0.362. The van der Waals surface area contributed by atoms with Crippen LogP contribution in [0.5, 0.6) is 0 Å². The van der Waals surface area contributed by atoms with Crippen LogP contribution in [0.4, 0.5) is 10.5 Å². The molecule has 0 saturated heterocycles. The molecule has 6 nitrogen and oxygen atoms in total. The van der Waals surface area contributed by atoms with E-state index in [9.17, 15) is 9.59 Å². The van der Waals surface area contributed by atoms with Crippen molar-refractivity contribution in [2.24, 2.45) is 0 Å². The molecule has 0 saturated carbocycles. The summed E-state index contributed by atoms with van der Waals surface area (Å²) in [5.41, 5.74) is 2.25. The molecule has 4 aromatic rings. The topological polar surface area (TPSA) is 81.4 Å². The van der Waals surface area contributed by atoms with Gasteiger partial charge in [0.1, 0.15) is 5.58 Å². The lowest BCUT2D eigenvalue weighted by Gasteiger charge is -2.08. The van der Waals surface area contributed by atoms with Gasteiger partial charge in [-0.05, 0) is 36.8 Å². The summed E-state index contributed by atoms with van der Waals surface area (Å²) >= 11 is 1.55. The molecule has 2 heterocycles. The van der Waals surface area contributed by atoms with E-state index in [0.717, 1.165) is 26.9 Å². The Kier molecular flexibility index (Phi) is 5.48. The molecule has 7 heteroatoms. The maximum absolute atomic E-state index is 12.0. The van der Waals surface area contributed by atoms with E-state index in [1.165, 1.54) is 6.07 Å². The normalized spacial score (nSPS) is 10.9. The molecule has 29 heavy (non-hydrogen) atoms. The van der Waals surface area contributed by atoms with E-state index >= 15 is 0 Å². The third-order valence-electron chi connectivity index (χ3n) is 4.30. The van der Waals surface area contributed by atoms with Gasteiger partial charge in [-0.2, -0.15) is 0 Å². The molecule has 0 bridgehead atoms. The van der Waals surface area contributed by atoms with Crippen molar-refractivity contribution in [3.63, 3.8) is 0 Å². The third-order valence-corrected chi connectivity index (χ3v) is 5.28. The highest BCUT2D eigenvalue weighted by Gasteiger charge is 2.10. The van der Waals surface area contributed by atoms with Crippen LogP contribution in [0.2, 0.25) is 0 Å². The zero-order valence-corrected chi connectivity index (χ0v) is 16.5. The highest BCUT2D eigenvalue weighted by atomic mass is 32.2. The molecule has 0 aliphatic rings. The molecular weight excluding hydrogens is 388 g/mol. The molecule has 0 fully saturated rings. The predicted octanol–water partition coefficient (Wildman–Crippen LogP) is 5.20. The summed E-state index contributed by atoms with van der Waals surface area (Å²) in [6.45, 7) is 2.01. The van der Waals surface area contributed by atoms with Crippen molar-refractivity contribution in [1.29, 1.82) is 0 Å². The fourth-order valence-corrected chi connectivity index (χ4v) is 3.86. The van der Waals surface area contributed by atoms with Gasteiger partial charge in [0.15, 0.2) is 0 Å². The van der Waals surface area contributed by atoms with Gasteiger partial charge in [0.2, 0.25) is 0 Å². The van der Waals surface area contributed by atoms with Gasteiger partial charge < -0.3 is 9.15 Å². The van der Waals surface area contributed by atoms with Crippen LogP contribution < -0.4 is 10.9 Å². The second-order valence-electron chi connectivity index (χ2n) is 6.28. The SMILES string of the molecule is CCOC(=O)Nc1ccc2c(CSc3ccc4ccccc4n3)cc(=O)oc2c1. The first-order chi connectivity index (χ1) is 14.1. The van der Waals surface area contributed by atoms with Gasteiger partial charge in [-0.15, -0.1) is 11.8 Å². The molecule has 2 aromatic heterocycles. The Hall–Kier alpha value is -3.32. The summed E-state index contributed by atoms with van der Waals surface area (Å²) in [5, 5.41) is 5.39. The number of benzene rings is 2. The van der Waals surface area contributed by atoms with E-state index in [4.69, 9.17) is 9.15 Å². The Balaban J connectivity index is 1.59. The first-order valence-electron chi connectivity index (χ1n) is 9.11. The number of carbonyl (C=O) groups excluding carboxylic acids is 1. The highest BCUT2D eigenvalue weighted by Crippen LogP contribution is 2.28. The second-order valence-corrected chi connectivity index (χ2v) is 7.27. The van der Waals surface area contributed by atoms with Gasteiger partial charge in [0.25, 0.3) is 0 Å². The minimum atomic E-state index is -0.553. The van der Waals surface area contributed by atoms with Crippen molar-refractivity contribution in [1.82, 2.24) is 4.98 Å². The lowest BCUT2D eigenvalue weighted by molar-refractivity contribution is 0.168. The number of carbonyl (C=O) groups is 1. The van der Waals surface area contributed by atoms with Crippen molar-refractivity contribution < 1.29 is 13.9 Å². The number of fused-ring (bicyclic) bond motifs is 2. The number of anilines is 1. The largest absolute Gasteiger partial charge is 0.450 e. The van der Waals surface area contributed by atoms with Gasteiger partial charge in [0, 0.05) is 34.3 Å². The zero-order chi connectivity index (χ0) is 20.2. The number of aromatic nitrogens is 1. The number of ether oxygens (including phenoxy) is 1. The number of nitrogens with one attached hydrogen (secondary N) is 1. The molecule has 1 N–H and O–H groups in total. The smallest absolute Gasteiger partial charge is 0.411 e. The van der Waals surface area contributed by atoms with Gasteiger partial charge >= 0.3 is 11.7 Å². The van der Waals surface area contributed by atoms with Crippen LogP contribution in [0, 0.1) is 0 Å². The van der Waals surface area contributed by atoms with Gasteiger partial charge in [-0.1, -0.05) is 24.3 Å². The fourth-order valence-electron chi connectivity index (χ4n) is 2.99. The molecule has 1 amide bonds. The maximum atomic E-state index is 12.0. The maximum Gasteiger partial charge on any atom is 0.411 e. The van der Waals surface area contributed by atoms with Crippen LogP contribution in [0.1, 0.15) is 12.5 Å². The standard InChI is InChI=1S/C22H18N2O4S/c1-2-27-22(26)23-16-8-9-17-15(11-21(25)28-19(17)12-16)13-29-20-10-7-14-5-3-4-6-18(14)24-20/h3-12H,2,13H2,1H3,(H,23,26). The molecule has 2 aromatic carbocycles. The number of pyridine rings is 1. The second kappa shape index (κ2) is 8.36. The van der Waals surface area contributed by atoms with Crippen LogP contribution in [0.3, 0.4) is 0 Å². The van der Waals surface area contributed by atoms with E-state index in [1.807, 2.05) is 42.5 Å². The predicted molar refractivity (Wildman–Crippen MR) is 114 cm³/mol. The van der Waals surface area contributed by atoms with Crippen molar-refractivity contribution in [3.05, 3.63) is 76.6 Å². The lowest BCUT2D eigenvalue weighted by atomic mass is 10.1. The summed E-state index contributed by atoms with van der Waals surface area (Å²) in [4.78, 5) is 28.3. The van der Waals surface area contributed by atoms with Crippen LogP contribution in [0.25, 0.3) is 21.9 Å². The molecule has 146 valence electrons. The van der Waals surface area contributed by atoms with Crippen LogP contribution in [-0.2, 0) is 10.5 Å². The number of thioether (sulfide) groups is 1. The fraction of sp³-hybridized carbons (Fsp3) is 0.136. The van der Waals surface area contributed by atoms with Crippen molar-refractivity contribution in [3.8, 4) is 0 Å². The van der Waals surface area contributed by atoms with Gasteiger partial charge in [-0.3, -0.25) is 5.32 Å². The van der Waals surface area contributed by atoms with E-state index in [0.29, 0.717) is 17.0 Å². The molecule has 0 radical (unpaired) electrons. The van der Waals surface area contributed by atoms with Crippen molar-refractivity contribution in [2.75, 3.05) is 11.9 Å². The average molecular weight is 406 g/mol. The Bertz CT molecular complexity index is 1250. The van der Waals surface area contributed by atoms with Crippen LogP contribution in [-0.4, -0.2) is 17.7 Å². The number of rotatable bonds is 5. The molecule has 4 rings (SSSR count). The Morgan fingerprint density at radius 3 is 2.86 bits per heavy atom. The average Bonchev–Trinajstić information content (AvgIpc) is 2.71. The summed E-state index contributed by atoms with van der Waals surface area (Å²) in [7, 11) is 0. The van der Waals surface area contributed by atoms with E-state index in [-0.39, 0.29) is 6.61 Å². The Morgan fingerprint density at radius 1 is 1.14 bits per heavy atom. The molecule has 0 atom stereocenters. The summed E-state index contributed by atoms with van der Waals surface area (Å²) in [6.07, 6.45) is -0.553. The number of hydrogen-bond acceptors (Lipinski definition) is 6. The molecule has 0 spiro atoms. The summed E-state index contributed by atoms with van der Waals surface area (Å²) in [5.74, 6) is 0.568. The van der Waals surface area contributed by atoms with Gasteiger partial charge in [-0.25, -0.2) is 14.6 Å². The van der Waals surface area contributed by atoms with Gasteiger partial charge in [0.05, 0.1) is 17.1 Å². The third kappa shape index (κ3) is 4.41. The summed E-state index contributed by atoms with van der Waals surface area (Å²) in [6, 6.07) is 18.6. The van der Waals surface area contributed by atoms with E-state index in [1.54, 1.807) is 30.8 Å². The molecule has 0 unspecified atom stereocenters. The summed E-state index contributed by atoms with van der Waals surface area (Å²) < 4.78 is 10.2. The van der Waals surface area contributed by atoms with Crippen LogP contribution in [0.15, 0.2) is 74.9 Å². The number of nitrogens with zero attached hydrogens (tertiary/aromatic N) is 1. The van der Waals surface area contributed by atoms with E-state index in [2.05, 4.69) is 10.3 Å². The number of amides is 1. The van der Waals surface area contributed by atoms with Crippen molar-refractivity contribution >= 4 is 45.4 Å². The zero-order valence-electron chi connectivity index (χ0n) is 15.7. The Morgan fingerprint density at radius 2 is 2.00 bits per heavy atom. The first-order valence-corrected chi connectivity index (χ1v) is 10.1. The lowest BCUT2D eigenvalue weighted by Crippen LogP contribution is -2.13. The molecule has 0 aliphatic heterocycles. The monoisotopic (exact) mass is 406 g/mol. The van der Waals surface area contributed by atoms with E-state index < -0.39 is 11.7 Å². The molecule has 0 aliphatic carbocycles. The highest BCUT2D eigenvalue weighted by molar-refractivity contribution is 7.98. The van der Waals surface area contributed by atoms with Crippen molar-refractivity contribution in [2.45, 2.75) is 17.7 Å². The minimum Gasteiger partial charge on any atom is -0.450 e. The minimum absolute atomic E-state index is 0.276.